The zero-order valence-corrected chi connectivity index (χ0v) is 16.7. The molecule has 2 aromatic heterocycles. The Morgan fingerprint density at radius 2 is 2.08 bits per heavy atom. The number of carbonyl (C=O) groups excluding carboxylic acids is 1. The number of aryl methyl sites for hydroxylation is 2. The second kappa shape index (κ2) is 7.46. The van der Waals surface area contributed by atoms with E-state index in [9.17, 15) is 10.1 Å². The first-order valence-corrected chi connectivity index (χ1v) is 9.28. The van der Waals surface area contributed by atoms with E-state index in [1.807, 2.05) is 27.1 Å². The first kappa shape index (κ1) is 18.4. The molecule has 0 aromatic carbocycles. The van der Waals surface area contributed by atoms with Crippen molar-refractivity contribution in [1.29, 1.82) is 5.26 Å². The molecule has 0 aliphatic carbocycles. The number of amides is 1. The van der Waals surface area contributed by atoms with Crippen molar-refractivity contribution in [2.45, 2.75) is 25.8 Å². The molecule has 0 atom stereocenters. The molecule has 3 heterocycles. The Morgan fingerprint density at radius 3 is 2.65 bits per heavy atom. The van der Waals surface area contributed by atoms with Crippen molar-refractivity contribution in [1.82, 2.24) is 19.7 Å². The van der Waals surface area contributed by atoms with Crippen LogP contribution in [0.5, 0.6) is 0 Å². The molecular formula is C18H21BrN6O. The zero-order valence-electron chi connectivity index (χ0n) is 15.1. The van der Waals surface area contributed by atoms with E-state index in [1.54, 1.807) is 21.8 Å². The number of pyridine rings is 1. The summed E-state index contributed by atoms with van der Waals surface area (Å²) in [6.07, 6.45) is 3.37. The second-order valence-corrected chi connectivity index (χ2v) is 7.48. The summed E-state index contributed by atoms with van der Waals surface area (Å²) in [6.45, 7) is 3.44. The quantitative estimate of drug-likeness (QED) is 0.767. The molecular weight excluding hydrogens is 396 g/mol. The van der Waals surface area contributed by atoms with Crippen molar-refractivity contribution in [2.24, 2.45) is 7.05 Å². The van der Waals surface area contributed by atoms with Crippen molar-refractivity contribution in [3.05, 3.63) is 39.8 Å². The molecule has 7 nitrogen and oxygen atoms in total. The Labute approximate surface area is 161 Å². The summed E-state index contributed by atoms with van der Waals surface area (Å²) in [7, 11) is 3.67. The fourth-order valence-electron chi connectivity index (χ4n) is 3.24. The maximum absolute atomic E-state index is 12.7. The van der Waals surface area contributed by atoms with E-state index in [1.165, 1.54) is 0 Å². The molecule has 1 fully saturated rings. The molecule has 2 aromatic rings. The summed E-state index contributed by atoms with van der Waals surface area (Å²) in [6, 6.07) is 5.96. The van der Waals surface area contributed by atoms with Gasteiger partial charge in [-0.05, 0) is 47.8 Å². The number of piperidine rings is 1. The van der Waals surface area contributed by atoms with Gasteiger partial charge in [0.15, 0.2) is 5.69 Å². The predicted octanol–water partition coefficient (Wildman–Crippen LogP) is 2.50. The van der Waals surface area contributed by atoms with Gasteiger partial charge in [-0.2, -0.15) is 10.4 Å². The number of nitriles is 1. The van der Waals surface area contributed by atoms with Crippen LogP contribution in [0, 0.1) is 18.3 Å². The number of aromatic nitrogens is 3. The van der Waals surface area contributed by atoms with Crippen LogP contribution in [-0.2, 0) is 7.05 Å². The Kier molecular flexibility index (Phi) is 5.28. The number of halogens is 1. The van der Waals surface area contributed by atoms with E-state index in [4.69, 9.17) is 0 Å². The van der Waals surface area contributed by atoms with E-state index >= 15 is 0 Å². The number of nitrogens with zero attached hydrogens (tertiary/aromatic N) is 6. The normalized spacial score (nSPS) is 15.0. The molecule has 0 spiro atoms. The van der Waals surface area contributed by atoms with Crippen LogP contribution in [0.15, 0.2) is 22.8 Å². The highest BCUT2D eigenvalue weighted by atomic mass is 79.9. The molecule has 0 bridgehead atoms. The van der Waals surface area contributed by atoms with Gasteiger partial charge in [-0.3, -0.25) is 9.48 Å². The van der Waals surface area contributed by atoms with Gasteiger partial charge in [-0.15, -0.1) is 0 Å². The number of hydrogen-bond donors (Lipinski definition) is 0. The van der Waals surface area contributed by atoms with Crippen LogP contribution < -0.4 is 4.90 Å². The minimum atomic E-state index is -0.0494. The van der Waals surface area contributed by atoms with Crippen LogP contribution in [0.25, 0.3) is 0 Å². The number of rotatable bonds is 3. The molecule has 8 heteroatoms. The van der Waals surface area contributed by atoms with Gasteiger partial charge in [-0.1, -0.05) is 0 Å². The Balaban J connectivity index is 1.67. The smallest absolute Gasteiger partial charge is 0.274 e. The van der Waals surface area contributed by atoms with Crippen LogP contribution in [0.2, 0.25) is 0 Å². The number of anilines is 1. The average Bonchev–Trinajstić information content (AvgIpc) is 2.99. The lowest BCUT2D eigenvalue weighted by Crippen LogP contribution is -2.46. The van der Waals surface area contributed by atoms with Crippen molar-refractivity contribution in [2.75, 3.05) is 25.0 Å². The van der Waals surface area contributed by atoms with Gasteiger partial charge < -0.3 is 9.80 Å². The van der Waals surface area contributed by atoms with Gasteiger partial charge in [0.2, 0.25) is 0 Å². The van der Waals surface area contributed by atoms with E-state index in [0.29, 0.717) is 17.1 Å². The van der Waals surface area contributed by atoms with Crippen LogP contribution in [0.1, 0.15) is 34.6 Å². The molecule has 1 aliphatic heterocycles. The lowest BCUT2D eigenvalue weighted by molar-refractivity contribution is 0.0702. The molecule has 0 N–H and O–H groups in total. The molecule has 0 unspecified atom stereocenters. The summed E-state index contributed by atoms with van der Waals surface area (Å²) in [5.41, 5.74) is 2.00. The average molecular weight is 417 g/mol. The van der Waals surface area contributed by atoms with Crippen LogP contribution in [0.4, 0.5) is 5.82 Å². The first-order valence-electron chi connectivity index (χ1n) is 8.49. The molecule has 136 valence electrons. The molecule has 0 radical (unpaired) electrons. The first-order chi connectivity index (χ1) is 12.4. The Hall–Kier alpha value is -2.40. The topological polar surface area (TPSA) is 78.1 Å². The van der Waals surface area contributed by atoms with Crippen molar-refractivity contribution < 1.29 is 4.79 Å². The highest BCUT2D eigenvalue weighted by Gasteiger charge is 2.28. The molecule has 0 saturated carbocycles. The molecule has 1 aliphatic rings. The molecule has 1 amide bonds. The zero-order chi connectivity index (χ0) is 18.8. The fraction of sp³-hybridized carbons (Fsp3) is 0.444. The third-order valence-corrected chi connectivity index (χ3v) is 5.35. The lowest BCUT2D eigenvalue weighted by Gasteiger charge is -2.37. The van der Waals surface area contributed by atoms with Gasteiger partial charge in [0.1, 0.15) is 11.9 Å². The summed E-state index contributed by atoms with van der Waals surface area (Å²) in [5, 5.41) is 13.6. The fourth-order valence-corrected chi connectivity index (χ4v) is 3.57. The minimum absolute atomic E-state index is 0.0494. The summed E-state index contributed by atoms with van der Waals surface area (Å²) in [4.78, 5) is 21.0. The van der Waals surface area contributed by atoms with Gasteiger partial charge in [0, 0.05) is 49.6 Å². The molecule has 26 heavy (non-hydrogen) atoms. The summed E-state index contributed by atoms with van der Waals surface area (Å²) < 4.78 is 2.51. The third kappa shape index (κ3) is 3.58. The maximum Gasteiger partial charge on any atom is 0.274 e. The van der Waals surface area contributed by atoms with Crippen LogP contribution in [-0.4, -0.2) is 51.8 Å². The van der Waals surface area contributed by atoms with Crippen molar-refractivity contribution >= 4 is 27.7 Å². The standard InChI is InChI=1S/C18H21BrN6O/c1-12-8-16(22-24(12)3)18(26)23(2)15-4-6-25(7-5-15)17-13(10-20)9-14(19)11-21-17/h8-9,11,15H,4-7H2,1-3H3. The van der Waals surface area contributed by atoms with Gasteiger partial charge >= 0.3 is 0 Å². The lowest BCUT2D eigenvalue weighted by atomic mass is 10.0. The Morgan fingerprint density at radius 1 is 1.38 bits per heavy atom. The highest BCUT2D eigenvalue weighted by Crippen LogP contribution is 2.25. The third-order valence-electron chi connectivity index (χ3n) is 4.92. The number of hydrogen-bond acceptors (Lipinski definition) is 5. The van der Waals surface area contributed by atoms with Gasteiger partial charge in [0.05, 0.1) is 5.56 Å². The second-order valence-electron chi connectivity index (χ2n) is 6.57. The Bertz CT molecular complexity index is 844. The maximum atomic E-state index is 12.7. The summed E-state index contributed by atoms with van der Waals surface area (Å²) in [5.74, 6) is 0.662. The SMILES string of the molecule is Cc1cc(C(=O)N(C)C2CCN(c3ncc(Br)cc3C#N)CC2)nn1C. The molecule has 1 saturated heterocycles. The highest BCUT2D eigenvalue weighted by molar-refractivity contribution is 9.10. The molecule has 3 rings (SSSR count). The van der Waals surface area contributed by atoms with Crippen LogP contribution in [0.3, 0.4) is 0 Å². The van der Waals surface area contributed by atoms with E-state index in [2.05, 4.69) is 37.0 Å². The summed E-state index contributed by atoms with van der Waals surface area (Å²) >= 11 is 3.35. The van der Waals surface area contributed by atoms with Gasteiger partial charge in [0.25, 0.3) is 5.91 Å². The number of carbonyl (C=O) groups is 1. The predicted molar refractivity (Wildman–Crippen MR) is 102 cm³/mol. The van der Waals surface area contributed by atoms with E-state index in [0.717, 1.165) is 36.1 Å². The largest absolute Gasteiger partial charge is 0.355 e. The van der Waals surface area contributed by atoms with Gasteiger partial charge in [-0.25, -0.2) is 4.98 Å². The van der Waals surface area contributed by atoms with E-state index < -0.39 is 0 Å². The van der Waals surface area contributed by atoms with E-state index in [-0.39, 0.29) is 11.9 Å². The van der Waals surface area contributed by atoms with Crippen molar-refractivity contribution in [3.8, 4) is 6.07 Å². The van der Waals surface area contributed by atoms with Crippen molar-refractivity contribution in [3.63, 3.8) is 0 Å². The minimum Gasteiger partial charge on any atom is -0.355 e. The monoisotopic (exact) mass is 416 g/mol. The van der Waals surface area contributed by atoms with Crippen LogP contribution >= 0.6 is 15.9 Å².